The van der Waals surface area contributed by atoms with Crippen LogP contribution < -0.4 is 15.5 Å². The minimum absolute atomic E-state index is 0.0506. The third kappa shape index (κ3) is 4.33. The van der Waals surface area contributed by atoms with E-state index in [2.05, 4.69) is 39.3 Å². The van der Waals surface area contributed by atoms with Crippen molar-refractivity contribution in [2.45, 2.75) is 13.8 Å². The van der Waals surface area contributed by atoms with Gasteiger partial charge in [-0.3, -0.25) is 0 Å². The normalized spacial score (nSPS) is 10.6. The van der Waals surface area contributed by atoms with Crippen molar-refractivity contribution in [1.82, 2.24) is 9.97 Å². The second kappa shape index (κ2) is 8.60. The molecule has 0 atom stereocenters. The molecule has 146 valence electrons. The highest BCUT2D eigenvalue weighted by atomic mass is 19.2. The molecule has 8 heteroatoms. The summed E-state index contributed by atoms with van der Waals surface area (Å²) in [7, 11) is 0. The second-order valence-corrected chi connectivity index (χ2v) is 5.96. The van der Waals surface area contributed by atoms with Crippen molar-refractivity contribution in [3.63, 3.8) is 0 Å². The van der Waals surface area contributed by atoms with Gasteiger partial charge in [0.15, 0.2) is 17.5 Å². The van der Waals surface area contributed by atoms with Crippen molar-refractivity contribution >= 4 is 28.8 Å². The lowest BCUT2D eigenvalue weighted by Gasteiger charge is -2.21. The van der Waals surface area contributed by atoms with Crippen LogP contribution in [0.1, 0.15) is 13.8 Å². The monoisotopic (exact) mass is 387 g/mol. The van der Waals surface area contributed by atoms with Gasteiger partial charge in [0.1, 0.15) is 5.82 Å². The van der Waals surface area contributed by atoms with E-state index in [4.69, 9.17) is 0 Å². The van der Waals surface area contributed by atoms with Crippen LogP contribution in [0.4, 0.5) is 42.0 Å². The molecule has 0 unspecified atom stereocenters. The molecule has 0 fully saturated rings. The standard InChI is InChI=1S/C20H20F3N5/c1-3-28(4-2)14-7-5-13(6-8-14)25-17-11-12-24-20(27-17)26-16-10-9-15(21)18(22)19(16)23/h5-12H,3-4H2,1-2H3,(H2,24,25,26,27). The van der Waals surface area contributed by atoms with E-state index in [1.165, 1.54) is 6.20 Å². The molecule has 5 nitrogen and oxygen atoms in total. The summed E-state index contributed by atoms with van der Waals surface area (Å²) in [6.07, 6.45) is 1.47. The molecule has 2 aromatic carbocycles. The van der Waals surface area contributed by atoms with E-state index >= 15 is 0 Å². The van der Waals surface area contributed by atoms with E-state index in [0.29, 0.717) is 5.82 Å². The fourth-order valence-corrected chi connectivity index (χ4v) is 2.72. The highest BCUT2D eigenvalue weighted by Crippen LogP contribution is 2.24. The number of anilines is 5. The summed E-state index contributed by atoms with van der Waals surface area (Å²) >= 11 is 0. The Hall–Kier alpha value is -3.29. The van der Waals surface area contributed by atoms with Crippen molar-refractivity contribution < 1.29 is 13.2 Å². The maximum atomic E-state index is 13.8. The summed E-state index contributed by atoms with van der Waals surface area (Å²) in [5, 5.41) is 5.69. The van der Waals surface area contributed by atoms with Crippen molar-refractivity contribution in [2.24, 2.45) is 0 Å². The molecule has 28 heavy (non-hydrogen) atoms. The minimum atomic E-state index is -1.55. The largest absolute Gasteiger partial charge is 0.372 e. The number of nitrogens with one attached hydrogen (secondary N) is 2. The zero-order valence-corrected chi connectivity index (χ0v) is 15.5. The van der Waals surface area contributed by atoms with Crippen LogP contribution in [0.25, 0.3) is 0 Å². The Balaban J connectivity index is 1.74. The van der Waals surface area contributed by atoms with Gasteiger partial charge in [-0.1, -0.05) is 0 Å². The van der Waals surface area contributed by atoms with Crippen LogP contribution in [0, 0.1) is 17.5 Å². The van der Waals surface area contributed by atoms with E-state index in [0.717, 1.165) is 36.6 Å². The number of halogens is 3. The third-order valence-electron chi connectivity index (χ3n) is 4.21. The van der Waals surface area contributed by atoms with Gasteiger partial charge in [-0.2, -0.15) is 4.98 Å². The van der Waals surface area contributed by atoms with Crippen LogP contribution in [0.5, 0.6) is 0 Å². The molecule has 0 radical (unpaired) electrons. The quantitative estimate of drug-likeness (QED) is 0.544. The first-order valence-corrected chi connectivity index (χ1v) is 8.87. The zero-order valence-electron chi connectivity index (χ0n) is 15.5. The third-order valence-corrected chi connectivity index (χ3v) is 4.21. The molecule has 1 aromatic heterocycles. The van der Waals surface area contributed by atoms with Crippen molar-refractivity contribution in [1.29, 1.82) is 0 Å². The van der Waals surface area contributed by atoms with Gasteiger partial charge in [0.2, 0.25) is 5.95 Å². The summed E-state index contributed by atoms with van der Waals surface area (Å²) < 4.78 is 40.2. The summed E-state index contributed by atoms with van der Waals surface area (Å²) in [5.41, 5.74) is 1.69. The van der Waals surface area contributed by atoms with E-state index in [-0.39, 0.29) is 11.6 Å². The fourth-order valence-electron chi connectivity index (χ4n) is 2.72. The molecule has 0 saturated heterocycles. The first-order chi connectivity index (χ1) is 13.5. The van der Waals surface area contributed by atoms with Crippen molar-refractivity contribution in [2.75, 3.05) is 28.6 Å². The van der Waals surface area contributed by atoms with Crippen LogP contribution in [0.2, 0.25) is 0 Å². The molecule has 3 rings (SSSR count). The Morgan fingerprint density at radius 3 is 2.25 bits per heavy atom. The molecular formula is C20H20F3N5. The molecule has 0 spiro atoms. The lowest BCUT2D eigenvalue weighted by Crippen LogP contribution is -2.21. The highest BCUT2D eigenvalue weighted by Gasteiger charge is 2.14. The molecule has 2 N–H and O–H groups in total. The Labute approximate surface area is 161 Å². The average Bonchev–Trinajstić information content (AvgIpc) is 2.71. The number of rotatable bonds is 7. The van der Waals surface area contributed by atoms with Crippen LogP contribution in [-0.4, -0.2) is 23.1 Å². The smallest absolute Gasteiger partial charge is 0.229 e. The Kier molecular flexibility index (Phi) is 5.98. The van der Waals surface area contributed by atoms with Gasteiger partial charge in [0.25, 0.3) is 0 Å². The molecule has 0 amide bonds. The first-order valence-electron chi connectivity index (χ1n) is 8.87. The molecule has 0 bridgehead atoms. The number of benzene rings is 2. The molecule has 0 saturated carbocycles. The molecular weight excluding hydrogens is 367 g/mol. The Bertz CT molecular complexity index is 943. The predicted octanol–water partition coefficient (Wildman–Crippen LogP) is 5.23. The van der Waals surface area contributed by atoms with E-state index < -0.39 is 17.5 Å². The lowest BCUT2D eigenvalue weighted by atomic mass is 10.2. The summed E-state index contributed by atoms with van der Waals surface area (Å²) in [5.74, 6) is -3.61. The van der Waals surface area contributed by atoms with Gasteiger partial charge in [0.05, 0.1) is 5.69 Å². The fraction of sp³-hybridized carbons (Fsp3) is 0.200. The Morgan fingerprint density at radius 1 is 0.857 bits per heavy atom. The average molecular weight is 387 g/mol. The maximum absolute atomic E-state index is 13.8. The second-order valence-electron chi connectivity index (χ2n) is 5.96. The molecule has 0 aliphatic rings. The number of hydrogen-bond acceptors (Lipinski definition) is 5. The van der Waals surface area contributed by atoms with Crippen molar-refractivity contribution in [3.05, 3.63) is 66.1 Å². The van der Waals surface area contributed by atoms with Crippen LogP contribution in [-0.2, 0) is 0 Å². The molecule has 0 aliphatic carbocycles. The van der Waals surface area contributed by atoms with Crippen LogP contribution in [0.15, 0.2) is 48.7 Å². The lowest BCUT2D eigenvalue weighted by molar-refractivity contribution is 0.449. The Morgan fingerprint density at radius 2 is 1.57 bits per heavy atom. The number of hydrogen-bond donors (Lipinski definition) is 2. The van der Waals surface area contributed by atoms with E-state index in [9.17, 15) is 13.2 Å². The van der Waals surface area contributed by atoms with Crippen LogP contribution in [0.3, 0.4) is 0 Å². The van der Waals surface area contributed by atoms with Crippen molar-refractivity contribution in [3.8, 4) is 0 Å². The number of nitrogens with zero attached hydrogens (tertiary/aromatic N) is 3. The van der Waals surface area contributed by atoms with Gasteiger partial charge >= 0.3 is 0 Å². The van der Waals surface area contributed by atoms with E-state index in [1.807, 2.05) is 24.3 Å². The SMILES string of the molecule is CCN(CC)c1ccc(Nc2ccnc(Nc3ccc(F)c(F)c3F)n2)cc1. The summed E-state index contributed by atoms with van der Waals surface area (Å²) in [6.45, 7) is 6.04. The van der Waals surface area contributed by atoms with Gasteiger partial charge in [-0.05, 0) is 56.3 Å². The highest BCUT2D eigenvalue weighted by molar-refractivity contribution is 5.62. The van der Waals surface area contributed by atoms with Gasteiger partial charge < -0.3 is 15.5 Å². The van der Waals surface area contributed by atoms with Crippen LogP contribution >= 0.6 is 0 Å². The molecule has 0 aliphatic heterocycles. The topological polar surface area (TPSA) is 53.1 Å². The van der Waals surface area contributed by atoms with Gasteiger partial charge in [0, 0.05) is 30.7 Å². The van der Waals surface area contributed by atoms with E-state index in [1.54, 1.807) is 6.07 Å². The zero-order chi connectivity index (χ0) is 20.1. The maximum Gasteiger partial charge on any atom is 0.229 e. The molecule has 1 heterocycles. The van der Waals surface area contributed by atoms with Gasteiger partial charge in [-0.25, -0.2) is 18.2 Å². The summed E-state index contributed by atoms with van der Waals surface area (Å²) in [4.78, 5) is 10.4. The predicted molar refractivity (Wildman–Crippen MR) is 105 cm³/mol. The minimum Gasteiger partial charge on any atom is -0.372 e. The van der Waals surface area contributed by atoms with Gasteiger partial charge in [-0.15, -0.1) is 0 Å². The first kappa shape index (κ1) is 19.5. The molecule has 3 aromatic rings. The number of aromatic nitrogens is 2. The summed E-state index contributed by atoms with van der Waals surface area (Å²) in [6, 6.07) is 11.4.